The summed E-state index contributed by atoms with van der Waals surface area (Å²) in [6, 6.07) is 10.1. The smallest absolute Gasteiger partial charge is 0.255 e. The second kappa shape index (κ2) is 10.0. The average molecular weight is 474 g/mol. The van der Waals surface area contributed by atoms with Crippen molar-refractivity contribution >= 4 is 27.3 Å². The Morgan fingerprint density at radius 2 is 1.67 bits per heavy atom. The summed E-state index contributed by atoms with van der Waals surface area (Å²) in [6.45, 7) is 7.23. The van der Waals surface area contributed by atoms with Gasteiger partial charge in [0, 0.05) is 38.2 Å². The zero-order valence-corrected chi connectivity index (χ0v) is 20.0. The van der Waals surface area contributed by atoms with Crippen molar-refractivity contribution in [2.24, 2.45) is 0 Å². The molecule has 2 aromatic rings. The predicted octanol–water partition coefficient (Wildman–Crippen LogP) is 3.73. The molecule has 8 nitrogen and oxygen atoms in total. The second-order valence-corrected chi connectivity index (χ2v) is 10.1. The predicted molar refractivity (Wildman–Crippen MR) is 128 cm³/mol. The number of nitrogens with one attached hydrogen (secondary N) is 1. The van der Waals surface area contributed by atoms with Gasteiger partial charge in [0.1, 0.15) is 0 Å². The number of fused-ring (bicyclic) bond motifs is 1. The summed E-state index contributed by atoms with van der Waals surface area (Å²) in [7, 11) is -3.65. The van der Waals surface area contributed by atoms with Gasteiger partial charge in [-0.15, -0.1) is 0 Å². The average Bonchev–Trinajstić information content (AvgIpc) is 3.24. The molecule has 2 aliphatic rings. The molecule has 2 aromatic carbocycles. The Morgan fingerprint density at radius 3 is 2.36 bits per heavy atom. The third-order valence-electron chi connectivity index (χ3n) is 6.02. The molecule has 0 unspecified atom stereocenters. The van der Waals surface area contributed by atoms with E-state index in [0.29, 0.717) is 49.1 Å². The molecule has 178 valence electrons. The van der Waals surface area contributed by atoms with Crippen molar-refractivity contribution in [3.63, 3.8) is 0 Å². The lowest BCUT2D eigenvalue weighted by molar-refractivity contribution is 0.102. The first-order chi connectivity index (χ1) is 15.9. The van der Waals surface area contributed by atoms with Gasteiger partial charge >= 0.3 is 0 Å². The molecule has 1 amide bonds. The van der Waals surface area contributed by atoms with Gasteiger partial charge < -0.3 is 19.7 Å². The third kappa shape index (κ3) is 4.94. The molecule has 33 heavy (non-hydrogen) atoms. The Bertz CT molecular complexity index is 1110. The van der Waals surface area contributed by atoms with Crippen LogP contribution in [0.5, 0.6) is 11.5 Å². The summed E-state index contributed by atoms with van der Waals surface area (Å²) in [6.07, 6.45) is 2.91. The monoisotopic (exact) mass is 473 g/mol. The van der Waals surface area contributed by atoms with Gasteiger partial charge in [0.25, 0.3) is 5.91 Å². The SMILES string of the molecule is CCN(CC)S(=O)(=O)c1ccc(N2CCCC2)c(NC(=O)c2ccc3c(c2)OCCCO3)c1. The van der Waals surface area contributed by atoms with E-state index in [1.54, 1.807) is 36.4 Å². The van der Waals surface area contributed by atoms with E-state index in [9.17, 15) is 13.2 Å². The number of hydrogen-bond donors (Lipinski definition) is 1. The van der Waals surface area contributed by atoms with E-state index in [1.165, 1.54) is 4.31 Å². The summed E-state index contributed by atoms with van der Waals surface area (Å²) < 4.78 is 39.0. The van der Waals surface area contributed by atoms with E-state index < -0.39 is 10.0 Å². The maximum atomic E-state index is 13.2. The van der Waals surface area contributed by atoms with E-state index >= 15 is 0 Å². The van der Waals surface area contributed by atoms with Crippen LogP contribution in [0.25, 0.3) is 0 Å². The molecular formula is C24H31N3O5S. The van der Waals surface area contributed by atoms with Gasteiger partial charge in [-0.05, 0) is 49.2 Å². The lowest BCUT2D eigenvalue weighted by Gasteiger charge is -2.24. The second-order valence-electron chi connectivity index (χ2n) is 8.13. The fourth-order valence-electron chi connectivity index (χ4n) is 4.22. The van der Waals surface area contributed by atoms with Crippen molar-refractivity contribution in [1.82, 2.24) is 4.31 Å². The van der Waals surface area contributed by atoms with Crippen LogP contribution in [0, 0.1) is 0 Å². The summed E-state index contributed by atoms with van der Waals surface area (Å²) in [5, 5.41) is 2.95. The normalized spacial score (nSPS) is 16.0. The summed E-state index contributed by atoms with van der Waals surface area (Å²) in [5.41, 5.74) is 1.74. The van der Waals surface area contributed by atoms with E-state index in [4.69, 9.17) is 9.47 Å². The molecule has 0 aliphatic carbocycles. The largest absolute Gasteiger partial charge is 0.490 e. The Kier molecular flexibility index (Phi) is 7.09. The van der Waals surface area contributed by atoms with Crippen molar-refractivity contribution < 1.29 is 22.7 Å². The van der Waals surface area contributed by atoms with Gasteiger partial charge in [-0.1, -0.05) is 13.8 Å². The number of ether oxygens (including phenoxy) is 2. The summed E-state index contributed by atoms with van der Waals surface area (Å²) in [5.74, 6) is 0.829. The zero-order valence-electron chi connectivity index (χ0n) is 19.2. The van der Waals surface area contributed by atoms with E-state index in [2.05, 4.69) is 10.2 Å². The topological polar surface area (TPSA) is 88.2 Å². The first-order valence-electron chi connectivity index (χ1n) is 11.5. The highest BCUT2D eigenvalue weighted by molar-refractivity contribution is 7.89. The van der Waals surface area contributed by atoms with Gasteiger partial charge in [-0.2, -0.15) is 4.31 Å². The van der Waals surface area contributed by atoms with Crippen LogP contribution in [-0.4, -0.2) is 58.0 Å². The van der Waals surface area contributed by atoms with Crippen LogP contribution in [0.1, 0.15) is 43.5 Å². The number of carbonyl (C=O) groups is 1. The molecule has 0 bridgehead atoms. The van der Waals surface area contributed by atoms with Crippen LogP contribution in [-0.2, 0) is 10.0 Å². The molecule has 0 aromatic heterocycles. The van der Waals surface area contributed by atoms with Crippen LogP contribution >= 0.6 is 0 Å². The number of benzene rings is 2. The minimum Gasteiger partial charge on any atom is -0.490 e. The van der Waals surface area contributed by atoms with Gasteiger partial charge in [-0.3, -0.25) is 4.79 Å². The number of amides is 1. The zero-order chi connectivity index (χ0) is 23.4. The highest BCUT2D eigenvalue weighted by atomic mass is 32.2. The molecule has 1 saturated heterocycles. The van der Waals surface area contributed by atoms with Gasteiger partial charge in [0.05, 0.1) is 29.5 Å². The molecule has 0 atom stereocenters. The number of carbonyl (C=O) groups excluding carboxylic acids is 1. The number of rotatable bonds is 7. The lowest BCUT2D eigenvalue weighted by Crippen LogP contribution is -2.31. The van der Waals surface area contributed by atoms with E-state index in [0.717, 1.165) is 38.0 Å². The summed E-state index contributed by atoms with van der Waals surface area (Å²) >= 11 is 0. The van der Waals surface area contributed by atoms with Crippen LogP contribution < -0.4 is 19.7 Å². The minimum atomic E-state index is -3.65. The fraction of sp³-hybridized carbons (Fsp3) is 0.458. The first-order valence-corrected chi connectivity index (χ1v) is 13.0. The maximum absolute atomic E-state index is 13.2. The number of sulfonamides is 1. The van der Waals surface area contributed by atoms with Gasteiger partial charge in [0.15, 0.2) is 11.5 Å². The van der Waals surface area contributed by atoms with Gasteiger partial charge in [0.2, 0.25) is 10.0 Å². The van der Waals surface area contributed by atoms with Crippen LogP contribution in [0.4, 0.5) is 11.4 Å². The standard InChI is InChI=1S/C24H31N3O5S/c1-3-27(4-2)33(29,30)19-9-10-21(26-12-5-6-13-26)20(17-19)25-24(28)18-8-11-22-23(16-18)32-15-7-14-31-22/h8-11,16-17H,3-7,12-15H2,1-2H3,(H,25,28). The van der Waals surface area contributed by atoms with Crippen molar-refractivity contribution in [2.45, 2.75) is 38.0 Å². The van der Waals surface area contributed by atoms with Crippen LogP contribution in [0.15, 0.2) is 41.3 Å². The molecule has 0 radical (unpaired) electrons. The number of hydrogen-bond acceptors (Lipinski definition) is 6. The lowest BCUT2D eigenvalue weighted by atomic mass is 10.1. The quantitative estimate of drug-likeness (QED) is 0.659. The maximum Gasteiger partial charge on any atom is 0.255 e. The molecule has 0 spiro atoms. The number of nitrogens with zero attached hydrogens (tertiary/aromatic N) is 2. The molecule has 1 fully saturated rings. The van der Waals surface area contributed by atoms with Crippen molar-refractivity contribution in [3.05, 3.63) is 42.0 Å². The Hall–Kier alpha value is -2.78. The molecule has 2 heterocycles. The van der Waals surface area contributed by atoms with Crippen molar-refractivity contribution in [3.8, 4) is 11.5 Å². The van der Waals surface area contributed by atoms with Gasteiger partial charge in [-0.25, -0.2) is 8.42 Å². The Balaban J connectivity index is 1.67. The highest BCUT2D eigenvalue weighted by Gasteiger charge is 2.25. The highest BCUT2D eigenvalue weighted by Crippen LogP contribution is 2.34. The summed E-state index contributed by atoms with van der Waals surface area (Å²) in [4.78, 5) is 15.5. The molecule has 4 rings (SSSR count). The van der Waals surface area contributed by atoms with Crippen molar-refractivity contribution in [1.29, 1.82) is 0 Å². The van der Waals surface area contributed by atoms with Crippen LogP contribution in [0.3, 0.4) is 0 Å². The number of anilines is 2. The molecule has 2 aliphatic heterocycles. The Labute approximate surface area is 195 Å². The molecule has 1 N–H and O–H groups in total. The van der Waals surface area contributed by atoms with Crippen molar-refractivity contribution in [2.75, 3.05) is 49.6 Å². The molecular weight excluding hydrogens is 442 g/mol. The van der Waals surface area contributed by atoms with Crippen LogP contribution in [0.2, 0.25) is 0 Å². The van der Waals surface area contributed by atoms with E-state index in [1.807, 2.05) is 13.8 Å². The minimum absolute atomic E-state index is 0.170. The molecule has 0 saturated carbocycles. The fourth-order valence-corrected chi connectivity index (χ4v) is 5.71. The third-order valence-corrected chi connectivity index (χ3v) is 8.06. The first kappa shape index (κ1) is 23.4. The molecule has 9 heteroatoms. The Morgan fingerprint density at radius 1 is 0.970 bits per heavy atom. The van der Waals surface area contributed by atoms with E-state index in [-0.39, 0.29) is 10.8 Å².